The fraction of sp³-hybridized carbons (Fsp3) is 0.222. The molecule has 6 heteroatoms. The van der Waals surface area contributed by atoms with Crippen molar-refractivity contribution in [2.75, 3.05) is 11.9 Å². The van der Waals surface area contributed by atoms with Crippen molar-refractivity contribution in [2.45, 2.75) is 17.2 Å². The van der Waals surface area contributed by atoms with Gasteiger partial charge in [0.2, 0.25) is 17.7 Å². The van der Waals surface area contributed by atoms with E-state index in [1.807, 2.05) is 73.7 Å². The second-order valence-corrected chi connectivity index (χ2v) is 10.3. The summed E-state index contributed by atoms with van der Waals surface area (Å²) < 4.78 is -0.798. The standard InChI is InChI=1S/C27H21BrN2O3/c1-15-7-6-8-16(13-15)29-21(31)14-30-25(32)23-22-17-9-2-4-11-19(17)27(28,24(23)26(30)33)20-12-5-3-10-18(20)22/h2-13,22-24H,14H2,1H3,(H,29,31)/t22?,23-,24+,27?/m1/s1. The lowest BCUT2D eigenvalue weighted by Gasteiger charge is -2.51. The molecule has 4 aliphatic rings. The van der Waals surface area contributed by atoms with Crippen LogP contribution in [0.3, 0.4) is 0 Å². The molecule has 1 aliphatic heterocycles. The molecule has 164 valence electrons. The van der Waals surface area contributed by atoms with Crippen molar-refractivity contribution in [1.29, 1.82) is 0 Å². The van der Waals surface area contributed by atoms with Gasteiger partial charge in [-0.25, -0.2) is 0 Å². The molecule has 0 unspecified atom stereocenters. The summed E-state index contributed by atoms with van der Waals surface area (Å²) in [5.41, 5.74) is 5.86. The maximum atomic E-state index is 13.7. The Balaban J connectivity index is 1.39. The van der Waals surface area contributed by atoms with Crippen molar-refractivity contribution in [3.63, 3.8) is 0 Å². The molecule has 3 aliphatic carbocycles. The maximum Gasteiger partial charge on any atom is 0.244 e. The number of benzene rings is 3. The monoisotopic (exact) mass is 500 g/mol. The molecule has 3 aromatic rings. The number of hydrogen-bond acceptors (Lipinski definition) is 3. The molecule has 1 heterocycles. The average molecular weight is 501 g/mol. The van der Waals surface area contributed by atoms with Crippen molar-refractivity contribution in [3.05, 3.63) is 101 Å². The van der Waals surface area contributed by atoms with Gasteiger partial charge >= 0.3 is 0 Å². The number of likely N-dealkylation sites (tertiary alicyclic amines) is 1. The van der Waals surface area contributed by atoms with Gasteiger partial charge in [0.05, 0.1) is 16.2 Å². The van der Waals surface area contributed by atoms with Gasteiger partial charge in [-0.15, -0.1) is 0 Å². The molecule has 0 radical (unpaired) electrons. The molecule has 0 aromatic heterocycles. The Bertz CT molecular complexity index is 1300. The van der Waals surface area contributed by atoms with Gasteiger partial charge in [-0.3, -0.25) is 19.3 Å². The van der Waals surface area contributed by atoms with Crippen LogP contribution in [0.2, 0.25) is 0 Å². The van der Waals surface area contributed by atoms with E-state index < -0.39 is 16.2 Å². The first-order valence-corrected chi connectivity index (χ1v) is 11.8. The zero-order valence-electron chi connectivity index (χ0n) is 17.9. The summed E-state index contributed by atoms with van der Waals surface area (Å²) in [5, 5.41) is 2.82. The number of imide groups is 1. The fourth-order valence-electron chi connectivity index (χ4n) is 5.96. The van der Waals surface area contributed by atoms with Crippen molar-refractivity contribution in [1.82, 2.24) is 4.90 Å². The smallest absolute Gasteiger partial charge is 0.244 e. The summed E-state index contributed by atoms with van der Waals surface area (Å²) in [6.45, 7) is 1.65. The summed E-state index contributed by atoms with van der Waals surface area (Å²) in [5.74, 6) is -2.28. The second-order valence-electron chi connectivity index (χ2n) is 9.05. The highest BCUT2D eigenvalue weighted by Crippen LogP contribution is 2.66. The Morgan fingerprint density at radius 2 is 1.58 bits per heavy atom. The number of carbonyl (C=O) groups excluding carboxylic acids is 3. The molecule has 3 amide bonds. The second kappa shape index (κ2) is 7.12. The van der Waals surface area contributed by atoms with Gasteiger partial charge < -0.3 is 5.32 Å². The fourth-order valence-corrected chi connectivity index (χ4v) is 7.16. The number of alkyl halides is 1. The lowest BCUT2D eigenvalue weighted by atomic mass is 9.55. The SMILES string of the molecule is Cc1cccc(NC(=O)CN2C(=O)[C@@H]3C4c5ccccc5C(Br)(c5ccccc54)[C@@H]3C2=O)c1. The first kappa shape index (κ1) is 20.4. The van der Waals surface area contributed by atoms with Crippen LogP contribution in [0.4, 0.5) is 5.69 Å². The minimum absolute atomic E-state index is 0.205. The molecule has 3 aromatic carbocycles. The highest BCUT2D eigenvalue weighted by atomic mass is 79.9. The molecule has 1 saturated heterocycles. The topological polar surface area (TPSA) is 66.5 Å². The van der Waals surface area contributed by atoms with Gasteiger partial charge in [0.25, 0.3) is 0 Å². The predicted molar refractivity (Wildman–Crippen MR) is 128 cm³/mol. The van der Waals surface area contributed by atoms with Crippen molar-refractivity contribution >= 4 is 39.3 Å². The molecule has 2 atom stereocenters. The average Bonchev–Trinajstić information content (AvgIpc) is 3.06. The van der Waals surface area contributed by atoms with Crippen LogP contribution in [0.5, 0.6) is 0 Å². The Morgan fingerprint density at radius 1 is 0.939 bits per heavy atom. The van der Waals surface area contributed by atoms with Crippen LogP contribution in [-0.2, 0) is 18.7 Å². The number of nitrogens with one attached hydrogen (secondary N) is 1. The van der Waals surface area contributed by atoms with Gasteiger partial charge in [-0.2, -0.15) is 0 Å². The first-order chi connectivity index (χ1) is 15.9. The molecular formula is C27H21BrN2O3. The number of anilines is 1. The van der Waals surface area contributed by atoms with E-state index in [1.165, 1.54) is 0 Å². The lowest BCUT2D eigenvalue weighted by Crippen LogP contribution is -2.50. The summed E-state index contributed by atoms with van der Waals surface area (Å²) in [4.78, 5) is 41.3. The molecule has 5 nitrogen and oxygen atoms in total. The number of rotatable bonds is 3. The third kappa shape index (κ3) is 2.73. The number of carbonyl (C=O) groups is 3. The molecule has 33 heavy (non-hydrogen) atoms. The van der Waals surface area contributed by atoms with Crippen molar-refractivity contribution in [3.8, 4) is 0 Å². The Morgan fingerprint density at radius 3 is 2.21 bits per heavy atom. The highest BCUT2D eigenvalue weighted by molar-refractivity contribution is 9.09. The van der Waals surface area contributed by atoms with Gasteiger partial charge in [-0.1, -0.05) is 76.6 Å². The zero-order valence-corrected chi connectivity index (χ0v) is 19.5. The zero-order chi connectivity index (χ0) is 22.9. The Labute approximate surface area is 199 Å². The third-order valence-corrected chi connectivity index (χ3v) is 8.56. The third-order valence-electron chi connectivity index (χ3n) is 7.21. The largest absolute Gasteiger partial charge is 0.325 e. The van der Waals surface area contributed by atoms with Crippen LogP contribution < -0.4 is 5.32 Å². The highest BCUT2D eigenvalue weighted by Gasteiger charge is 2.67. The van der Waals surface area contributed by atoms with Crippen molar-refractivity contribution < 1.29 is 14.4 Å². The Hall–Kier alpha value is -3.25. The summed E-state index contributed by atoms with van der Waals surface area (Å²) in [6, 6.07) is 23.5. The molecule has 7 rings (SSSR count). The predicted octanol–water partition coefficient (Wildman–Crippen LogP) is 4.33. The molecule has 2 bridgehead atoms. The number of halogens is 1. The number of nitrogens with zero attached hydrogens (tertiary/aromatic N) is 1. The van der Waals surface area contributed by atoms with Gasteiger partial charge in [-0.05, 0) is 46.9 Å². The molecule has 0 spiro atoms. The van der Waals surface area contributed by atoms with Crippen LogP contribution in [0.25, 0.3) is 0 Å². The molecule has 1 fully saturated rings. The minimum Gasteiger partial charge on any atom is -0.325 e. The van der Waals surface area contributed by atoms with Crippen LogP contribution in [0, 0.1) is 18.8 Å². The van der Waals surface area contributed by atoms with E-state index in [9.17, 15) is 14.4 Å². The minimum atomic E-state index is -0.798. The maximum absolute atomic E-state index is 13.7. The van der Waals surface area contributed by atoms with Crippen molar-refractivity contribution in [2.24, 2.45) is 11.8 Å². The normalized spacial score (nSPS) is 26.6. The van der Waals surface area contributed by atoms with Crippen LogP contribution in [0.1, 0.15) is 33.7 Å². The van der Waals surface area contributed by atoms with E-state index >= 15 is 0 Å². The lowest BCUT2D eigenvalue weighted by molar-refractivity contribution is -0.142. The van der Waals surface area contributed by atoms with Gasteiger partial charge in [0.1, 0.15) is 6.54 Å². The van der Waals surface area contributed by atoms with E-state index in [0.717, 1.165) is 32.7 Å². The molecule has 1 N–H and O–H groups in total. The number of aryl methyl sites for hydroxylation is 1. The van der Waals surface area contributed by atoms with Gasteiger partial charge in [0.15, 0.2) is 0 Å². The van der Waals surface area contributed by atoms with Crippen LogP contribution in [-0.4, -0.2) is 29.2 Å². The van der Waals surface area contributed by atoms with Crippen LogP contribution in [0.15, 0.2) is 72.8 Å². The quantitative estimate of drug-likeness (QED) is 0.429. The van der Waals surface area contributed by atoms with E-state index in [2.05, 4.69) is 21.2 Å². The molecular weight excluding hydrogens is 480 g/mol. The van der Waals surface area contributed by atoms with Gasteiger partial charge in [0, 0.05) is 11.6 Å². The number of amides is 3. The van der Waals surface area contributed by atoms with E-state index in [0.29, 0.717) is 5.69 Å². The summed E-state index contributed by atoms with van der Waals surface area (Å²) in [7, 11) is 0. The summed E-state index contributed by atoms with van der Waals surface area (Å²) >= 11 is 3.96. The van der Waals surface area contributed by atoms with E-state index in [4.69, 9.17) is 0 Å². The number of hydrogen-bond donors (Lipinski definition) is 1. The van der Waals surface area contributed by atoms with E-state index in [1.54, 1.807) is 6.07 Å². The van der Waals surface area contributed by atoms with Crippen LogP contribution >= 0.6 is 15.9 Å². The van der Waals surface area contributed by atoms with E-state index in [-0.39, 0.29) is 30.2 Å². The molecule has 0 saturated carbocycles. The first-order valence-electron chi connectivity index (χ1n) is 11.0. The summed E-state index contributed by atoms with van der Waals surface area (Å²) in [6.07, 6.45) is 0. The Kier molecular flexibility index (Phi) is 4.40.